The molecule has 0 unspecified atom stereocenters. The topological polar surface area (TPSA) is 63.7 Å². The van der Waals surface area contributed by atoms with Crippen LogP contribution in [0.5, 0.6) is 0 Å². The Morgan fingerprint density at radius 3 is 2.67 bits per heavy atom. The molecule has 0 aromatic heterocycles. The number of esters is 1. The predicted octanol–water partition coefficient (Wildman–Crippen LogP) is 1.63. The maximum Gasteiger partial charge on any atom is 0.321 e. The molecule has 0 N–H and O–H groups in total. The minimum atomic E-state index is -3.67. The number of rotatable bonds is 5. The zero-order chi connectivity index (χ0) is 13.8. The van der Waals surface area contributed by atoms with Crippen LogP contribution in [0.25, 0.3) is 0 Å². The van der Waals surface area contributed by atoms with Crippen LogP contribution in [0.15, 0.2) is 33.6 Å². The highest BCUT2D eigenvalue weighted by molar-refractivity contribution is 9.10. The Bertz CT molecular complexity index is 530. The van der Waals surface area contributed by atoms with Crippen molar-refractivity contribution in [1.82, 2.24) is 4.31 Å². The largest absolute Gasteiger partial charge is 0.465 e. The van der Waals surface area contributed by atoms with Gasteiger partial charge in [-0.15, -0.1) is 0 Å². The van der Waals surface area contributed by atoms with Crippen molar-refractivity contribution in [2.75, 3.05) is 20.2 Å². The van der Waals surface area contributed by atoms with Crippen LogP contribution in [0.4, 0.5) is 0 Å². The minimum absolute atomic E-state index is 0.128. The number of ether oxygens (including phenoxy) is 1. The van der Waals surface area contributed by atoms with Gasteiger partial charge in [-0.2, -0.15) is 4.31 Å². The second-order valence-corrected chi connectivity index (χ2v) is 6.48. The van der Waals surface area contributed by atoms with Crippen molar-refractivity contribution >= 4 is 31.9 Å². The van der Waals surface area contributed by atoms with Crippen molar-refractivity contribution in [3.63, 3.8) is 0 Å². The lowest BCUT2D eigenvalue weighted by Gasteiger charge is -2.16. The van der Waals surface area contributed by atoms with E-state index in [2.05, 4.69) is 15.9 Å². The molecular formula is C11H14BrNO4S. The summed E-state index contributed by atoms with van der Waals surface area (Å²) in [6.45, 7) is 1.59. The molecule has 100 valence electrons. The number of hydrogen-bond acceptors (Lipinski definition) is 4. The standard InChI is InChI=1S/C11H14BrNO4S/c1-3-17-11(14)8-13(2)18(15,16)10-6-4-5-9(12)7-10/h4-7H,3,8H2,1-2H3. The first-order valence-electron chi connectivity index (χ1n) is 5.25. The van der Waals surface area contributed by atoms with Crippen molar-refractivity contribution < 1.29 is 17.9 Å². The third-order valence-corrected chi connectivity index (χ3v) is 4.45. The molecule has 0 saturated heterocycles. The number of likely N-dealkylation sites (N-methyl/N-ethyl adjacent to an activating group) is 1. The number of carbonyl (C=O) groups excluding carboxylic acids is 1. The molecule has 0 aliphatic rings. The van der Waals surface area contributed by atoms with Crippen LogP contribution in [0, 0.1) is 0 Å². The number of benzene rings is 1. The molecule has 18 heavy (non-hydrogen) atoms. The van der Waals surface area contributed by atoms with E-state index < -0.39 is 16.0 Å². The van der Waals surface area contributed by atoms with Gasteiger partial charge < -0.3 is 4.74 Å². The molecule has 0 aliphatic heterocycles. The first-order chi connectivity index (χ1) is 8.37. The van der Waals surface area contributed by atoms with E-state index in [-0.39, 0.29) is 18.0 Å². The normalized spacial score (nSPS) is 11.6. The molecule has 5 nitrogen and oxygen atoms in total. The van der Waals surface area contributed by atoms with Crippen LogP contribution in [-0.2, 0) is 19.6 Å². The highest BCUT2D eigenvalue weighted by atomic mass is 79.9. The van der Waals surface area contributed by atoms with Gasteiger partial charge in [0.15, 0.2) is 0 Å². The molecule has 0 aliphatic carbocycles. The van der Waals surface area contributed by atoms with Crippen molar-refractivity contribution in [1.29, 1.82) is 0 Å². The molecule has 7 heteroatoms. The highest BCUT2D eigenvalue weighted by Gasteiger charge is 2.23. The third kappa shape index (κ3) is 3.79. The first kappa shape index (κ1) is 15.1. The molecule has 0 fully saturated rings. The predicted molar refractivity (Wildman–Crippen MR) is 70.6 cm³/mol. The zero-order valence-corrected chi connectivity index (χ0v) is 12.5. The van der Waals surface area contributed by atoms with Crippen LogP contribution in [0.3, 0.4) is 0 Å². The number of nitrogens with zero attached hydrogens (tertiary/aromatic N) is 1. The fourth-order valence-electron chi connectivity index (χ4n) is 1.28. The Kier molecular flexibility index (Phi) is 5.30. The average molecular weight is 336 g/mol. The highest BCUT2D eigenvalue weighted by Crippen LogP contribution is 2.18. The fourth-order valence-corrected chi connectivity index (χ4v) is 2.99. The van der Waals surface area contributed by atoms with E-state index in [9.17, 15) is 13.2 Å². The van der Waals surface area contributed by atoms with Crippen molar-refractivity contribution in [2.45, 2.75) is 11.8 Å². The molecular weight excluding hydrogens is 322 g/mol. The molecule has 0 bridgehead atoms. The molecule has 1 aromatic rings. The lowest BCUT2D eigenvalue weighted by atomic mass is 10.4. The monoisotopic (exact) mass is 335 g/mol. The van der Waals surface area contributed by atoms with Crippen molar-refractivity contribution in [3.05, 3.63) is 28.7 Å². The van der Waals surface area contributed by atoms with Gasteiger partial charge in [-0.05, 0) is 25.1 Å². The summed E-state index contributed by atoms with van der Waals surface area (Å²) in [7, 11) is -2.33. The van der Waals surface area contributed by atoms with Crippen LogP contribution in [0.1, 0.15) is 6.92 Å². The number of halogens is 1. The first-order valence-corrected chi connectivity index (χ1v) is 7.48. The Morgan fingerprint density at radius 2 is 2.11 bits per heavy atom. The van der Waals surface area contributed by atoms with Gasteiger partial charge in [0.05, 0.1) is 11.5 Å². The molecule has 0 amide bonds. The zero-order valence-electron chi connectivity index (χ0n) is 10.1. The smallest absolute Gasteiger partial charge is 0.321 e. The summed E-state index contributed by atoms with van der Waals surface area (Å²) in [5.41, 5.74) is 0. The molecule has 0 saturated carbocycles. The summed E-state index contributed by atoms with van der Waals surface area (Å²) in [6, 6.07) is 6.30. The van der Waals surface area contributed by atoms with Gasteiger partial charge >= 0.3 is 5.97 Å². The van der Waals surface area contributed by atoms with Gasteiger partial charge in [0.1, 0.15) is 6.54 Å². The van der Waals surface area contributed by atoms with Crippen molar-refractivity contribution in [2.24, 2.45) is 0 Å². The SMILES string of the molecule is CCOC(=O)CN(C)S(=O)(=O)c1cccc(Br)c1. The van der Waals surface area contributed by atoms with Gasteiger partial charge in [-0.25, -0.2) is 8.42 Å². The van der Waals surface area contributed by atoms with Crippen LogP contribution >= 0.6 is 15.9 Å². The molecule has 0 radical (unpaired) electrons. The summed E-state index contributed by atoms with van der Waals surface area (Å²) in [6.07, 6.45) is 0. The van der Waals surface area contributed by atoms with Gasteiger partial charge in [0.2, 0.25) is 10.0 Å². The molecule has 0 spiro atoms. The van der Waals surface area contributed by atoms with Gasteiger partial charge in [-0.1, -0.05) is 22.0 Å². The summed E-state index contributed by atoms with van der Waals surface area (Å²) < 4.78 is 30.6. The maximum atomic E-state index is 12.1. The Balaban J connectivity index is 2.90. The molecule has 1 rings (SSSR count). The van der Waals surface area contributed by atoms with E-state index in [1.807, 2.05) is 0 Å². The lowest BCUT2D eigenvalue weighted by Crippen LogP contribution is -2.33. The summed E-state index contributed by atoms with van der Waals surface area (Å²) in [5, 5.41) is 0. The van der Waals surface area contributed by atoms with E-state index >= 15 is 0 Å². The average Bonchev–Trinajstić information content (AvgIpc) is 2.29. The Hall–Kier alpha value is -0.920. The number of hydrogen-bond donors (Lipinski definition) is 0. The second kappa shape index (κ2) is 6.31. The van der Waals surface area contributed by atoms with Crippen LogP contribution in [0.2, 0.25) is 0 Å². The van der Waals surface area contributed by atoms with E-state index in [0.717, 1.165) is 4.31 Å². The van der Waals surface area contributed by atoms with E-state index in [1.165, 1.54) is 19.2 Å². The molecule has 0 heterocycles. The van der Waals surface area contributed by atoms with Gasteiger partial charge in [0, 0.05) is 11.5 Å². The summed E-state index contributed by atoms with van der Waals surface area (Å²) in [5.74, 6) is -0.571. The molecule has 0 atom stereocenters. The van der Waals surface area contributed by atoms with Gasteiger partial charge in [-0.3, -0.25) is 4.79 Å². The molecule has 1 aromatic carbocycles. The van der Waals surface area contributed by atoms with E-state index in [4.69, 9.17) is 4.74 Å². The number of carbonyl (C=O) groups is 1. The Morgan fingerprint density at radius 1 is 1.44 bits per heavy atom. The van der Waals surface area contributed by atoms with E-state index in [1.54, 1.807) is 19.1 Å². The van der Waals surface area contributed by atoms with Gasteiger partial charge in [0.25, 0.3) is 0 Å². The minimum Gasteiger partial charge on any atom is -0.465 e. The Labute approximate surface area is 115 Å². The quantitative estimate of drug-likeness (QED) is 0.767. The number of sulfonamides is 1. The third-order valence-electron chi connectivity index (χ3n) is 2.16. The van der Waals surface area contributed by atoms with Crippen LogP contribution < -0.4 is 0 Å². The second-order valence-electron chi connectivity index (χ2n) is 3.52. The van der Waals surface area contributed by atoms with Crippen molar-refractivity contribution in [3.8, 4) is 0 Å². The van der Waals surface area contributed by atoms with Crippen LogP contribution in [-0.4, -0.2) is 38.9 Å². The summed E-state index contributed by atoms with van der Waals surface area (Å²) in [4.78, 5) is 11.4. The van der Waals surface area contributed by atoms with E-state index in [0.29, 0.717) is 4.47 Å². The summed E-state index contributed by atoms with van der Waals surface area (Å²) >= 11 is 3.20. The fraction of sp³-hybridized carbons (Fsp3) is 0.364. The maximum absolute atomic E-state index is 12.1. The lowest BCUT2D eigenvalue weighted by molar-refractivity contribution is -0.143.